The molecule has 1 amide bonds. The molecule has 0 heterocycles. The van der Waals surface area contributed by atoms with Crippen LogP contribution in [0.15, 0.2) is 30.3 Å². The lowest BCUT2D eigenvalue weighted by atomic mass is 10.2. The van der Waals surface area contributed by atoms with Crippen LogP contribution in [0.3, 0.4) is 0 Å². The van der Waals surface area contributed by atoms with Gasteiger partial charge in [-0.1, -0.05) is 30.3 Å². The second kappa shape index (κ2) is 12.6. The molecule has 1 unspecified atom stereocenters. The molecule has 0 fully saturated rings. The van der Waals surface area contributed by atoms with Crippen LogP contribution in [0, 0.1) is 0 Å². The van der Waals surface area contributed by atoms with Crippen LogP contribution < -0.4 is 5.32 Å². The molecule has 0 spiro atoms. The maximum absolute atomic E-state index is 11.8. The first-order valence-electron chi connectivity index (χ1n) is 8.07. The minimum absolute atomic E-state index is 0.0862. The average molecular weight is 371 g/mol. The van der Waals surface area contributed by atoms with Crippen molar-refractivity contribution in [2.24, 2.45) is 0 Å². The largest absolute Gasteiger partial charge is 0.480 e. The molecule has 0 bridgehead atoms. The van der Waals surface area contributed by atoms with E-state index in [4.69, 9.17) is 14.2 Å². The third-order valence-electron chi connectivity index (χ3n) is 3.05. The van der Waals surface area contributed by atoms with Crippen LogP contribution in [-0.4, -0.2) is 54.2 Å². The maximum atomic E-state index is 11.8. The molecule has 140 valence electrons. The maximum Gasteiger partial charge on any atom is 0.408 e. The fraction of sp³-hybridized carbons (Fsp3) is 0.529. The summed E-state index contributed by atoms with van der Waals surface area (Å²) >= 11 is 1.33. The second-order valence-electron chi connectivity index (χ2n) is 4.97. The monoisotopic (exact) mass is 371 g/mol. The van der Waals surface area contributed by atoms with Gasteiger partial charge in [-0.3, -0.25) is 0 Å². The van der Waals surface area contributed by atoms with Crippen LogP contribution in [0.5, 0.6) is 0 Å². The van der Waals surface area contributed by atoms with Gasteiger partial charge in [-0.2, -0.15) is 11.8 Å². The number of aliphatic carboxylic acids is 1. The van der Waals surface area contributed by atoms with Crippen LogP contribution in [-0.2, 0) is 25.6 Å². The summed E-state index contributed by atoms with van der Waals surface area (Å²) in [7, 11) is 0. The first-order valence-corrected chi connectivity index (χ1v) is 9.23. The fourth-order valence-electron chi connectivity index (χ4n) is 1.88. The normalized spacial score (nSPS) is 12.0. The number of benzene rings is 1. The molecule has 0 aliphatic heterocycles. The number of alkyl carbamates (subject to hydrolysis) is 1. The second-order valence-corrected chi connectivity index (χ2v) is 6.05. The van der Waals surface area contributed by atoms with Crippen molar-refractivity contribution in [3.05, 3.63) is 35.9 Å². The van der Waals surface area contributed by atoms with E-state index in [2.05, 4.69) is 5.32 Å². The molecule has 8 heteroatoms. The zero-order valence-electron chi connectivity index (χ0n) is 14.5. The van der Waals surface area contributed by atoms with Gasteiger partial charge in [0.05, 0.1) is 0 Å². The van der Waals surface area contributed by atoms with Crippen molar-refractivity contribution in [2.45, 2.75) is 32.8 Å². The Morgan fingerprint density at radius 3 is 2.32 bits per heavy atom. The molecule has 1 atom stereocenters. The van der Waals surface area contributed by atoms with E-state index < -0.39 is 18.1 Å². The number of hydrogen-bond donors (Lipinski definition) is 2. The summed E-state index contributed by atoms with van der Waals surface area (Å²) in [5, 5.41) is 11.6. The summed E-state index contributed by atoms with van der Waals surface area (Å²) in [5.41, 5.74) is 0.829. The fourth-order valence-corrected chi connectivity index (χ4v) is 2.86. The van der Waals surface area contributed by atoms with Gasteiger partial charge in [0.15, 0.2) is 6.29 Å². The van der Waals surface area contributed by atoms with Gasteiger partial charge < -0.3 is 24.6 Å². The number of nitrogens with one attached hydrogen (secondary N) is 1. The first kappa shape index (κ1) is 21.3. The predicted octanol–water partition coefficient (Wildman–Crippen LogP) is 2.50. The molecule has 0 saturated heterocycles. The standard InChI is InChI=1S/C17H25NO6S/c1-3-22-15(23-4-2)12-25-11-14(16(19)20)18-17(21)24-10-13-8-6-5-7-9-13/h5-9,14-15H,3-4,10-12H2,1-2H3,(H,18,21)(H,19,20). The molecule has 7 nitrogen and oxygen atoms in total. The number of thioether (sulfide) groups is 1. The van der Waals surface area contributed by atoms with E-state index in [1.807, 2.05) is 44.2 Å². The van der Waals surface area contributed by atoms with Crippen LogP contribution >= 0.6 is 11.8 Å². The first-order chi connectivity index (χ1) is 12.1. The van der Waals surface area contributed by atoms with Gasteiger partial charge in [0.2, 0.25) is 0 Å². The van der Waals surface area contributed by atoms with Crippen LogP contribution in [0.1, 0.15) is 19.4 Å². The number of hydrogen-bond acceptors (Lipinski definition) is 6. The molecular formula is C17H25NO6S. The molecule has 0 aliphatic carbocycles. The van der Waals surface area contributed by atoms with Gasteiger partial charge in [-0.05, 0) is 19.4 Å². The number of carboxylic acids is 1. The topological polar surface area (TPSA) is 94.1 Å². The van der Waals surface area contributed by atoms with E-state index in [1.165, 1.54) is 11.8 Å². The number of amides is 1. The molecule has 2 N–H and O–H groups in total. The Hall–Kier alpha value is -1.77. The lowest BCUT2D eigenvalue weighted by Crippen LogP contribution is -2.43. The zero-order chi connectivity index (χ0) is 18.5. The van der Waals surface area contributed by atoms with Gasteiger partial charge in [0, 0.05) is 24.7 Å². The summed E-state index contributed by atoms with van der Waals surface area (Å²) in [6, 6.07) is 8.12. The number of ether oxygens (including phenoxy) is 3. The Balaban J connectivity index is 2.37. The summed E-state index contributed by atoms with van der Waals surface area (Å²) in [6.45, 7) is 4.83. The molecule has 0 saturated carbocycles. The molecular weight excluding hydrogens is 346 g/mol. The van der Waals surface area contributed by atoms with Crippen molar-refractivity contribution >= 4 is 23.8 Å². The predicted molar refractivity (Wildman–Crippen MR) is 95.6 cm³/mol. The van der Waals surface area contributed by atoms with E-state index in [1.54, 1.807) is 0 Å². The lowest BCUT2D eigenvalue weighted by Gasteiger charge is -2.18. The van der Waals surface area contributed by atoms with Crippen molar-refractivity contribution in [3.8, 4) is 0 Å². The molecule has 0 aromatic heterocycles. The van der Waals surface area contributed by atoms with Crippen LogP contribution in [0.2, 0.25) is 0 Å². The highest BCUT2D eigenvalue weighted by atomic mass is 32.2. The quantitative estimate of drug-likeness (QED) is 0.545. The summed E-state index contributed by atoms with van der Waals surface area (Å²) < 4.78 is 15.8. The molecule has 25 heavy (non-hydrogen) atoms. The van der Waals surface area contributed by atoms with Crippen molar-refractivity contribution in [1.82, 2.24) is 5.32 Å². The molecule has 1 rings (SSSR count). The number of carbonyl (C=O) groups excluding carboxylic acids is 1. The highest BCUT2D eigenvalue weighted by Gasteiger charge is 2.21. The number of rotatable bonds is 12. The third-order valence-corrected chi connectivity index (χ3v) is 4.12. The molecule has 1 aromatic rings. The third kappa shape index (κ3) is 9.33. The minimum atomic E-state index is -1.12. The summed E-state index contributed by atoms with van der Waals surface area (Å²) in [5.74, 6) is -0.452. The SMILES string of the molecule is CCOC(CSCC(NC(=O)OCc1ccccc1)C(=O)O)OCC. The van der Waals surface area contributed by atoms with E-state index in [0.29, 0.717) is 19.0 Å². The van der Waals surface area contributed by atoms with Crippen LogP contribution in [0.4, 0.5) is 4.79 Å². The van der Waals surface area contributed by atoms with Gasteiger partial charge in [0.25, 0.3) is 0 Å². The van der Waals surface area contributed by atoms with Gasteiger partial charge >= 0.3 is 12.1 Å². The molecule has 1 aromatic carbocycles. The van der Waals surface area contributed by atoms with E-state index in [9.17, 15) is 14.7 Å². The Morgan fingerprint density at radius 1 is 1.12 bits per heavy atom. The van der Waals surface area contributed by atoms with Gasteiger partial charge in [-0.15, -0.1) is 0 Å². The lowest BCUT2D eigenvalue weighted by molar-refractivity contribution is -0.138. The number of carbonyl (C=O) groups is 2. The Labute approximate surface area is 152 Å². The summed E-state index contributed by atoms with van der Waals surface area (Å²) in [6.07, 6.45) is -1.15. The summed E-state index contributed by atoms with van der Waals surface area (Å²) in [4.78, 5) is 23.1. The van der Waals surface area contributed by atoms with E-state index in [-0.39, 0.29) is 18.6 Å². The Morgan fingerprint density at radius 2 is 1.76 bits per heavy atom. The van der Waals surface area contributed by atoms with Crippen LogP contribution in [0.25, 0.3) is 0 Å². The minimum Gasteiger partial charge on any atom is -0.480 e. The highest BCUT2D eigenvalue weighted by molar-refractivity contribution is 7.99. The Kier molecular flexibility index (Phi) is 10.7. The highest BCUT2D eigenvalue weighted by Crippen LogP contribution is 2.10. The smallest absolute Gasteiger partial charge is 0.408 e. The number of carboxylic acid groups (broad SMARTS) is 1. The van der Waals surface area contributed by atoms with Crippen molar-refractivity contribution < 1.29 is 28.9 Å². The van der Waals surface area contributed by atoms with Crippen molar-refractivity contribution in [1.29, 1.82) is 0 Å². The average Bonchev–Trinajstić information content (AvgIpc) is 2.60. The van der Waals surface area contributed by atoms with Gasteiger partial charge in [-0.25, -0.2) is 9.59 Å². The van der Waals surface area contributed by atoms with E-state index >= 15 is 0 Å². The van der Waals surface area contributed by atoms with Gasteiger partial charge in [0.1, 0.15) is 12.6 Å². The zero-order valence-corrected chi connectivity index (χ0v) is 15.3. The molecule has 0 aliphatic rings. The molecule has 0 radical (unpaired) electrons. The van der Waals surface area contributed by atoms with E-state index in [0.717, 1.165) is 5.56 Å². The van der Waals surface area contributed by atoms with Crippen molar-refractivity contribution in [3.63, 3.8) is 0 Å². The Bertz CT molecular complexity index is 507. The van der Waals surface area contributed by atoms with Crippen molar-refractivity contribution in [2.75, 3.05) is 24.7 Å².